The summed E-state index contributed by atoms with van der Waals surface area (Å²) in [5.41, 5.74) is 1.01. The van der Waals surface area contributed by atoms with Gasteiger partial charge in [-0.1, -0.05) is 44.2 Å². The number of piperidine rings is 1. The molecule has 3 heteroatoms. The van der Waals surface area contributed by atoms with Crippen molar-refractivity contribution in [2.75, 3.05) is 19.6 Å². The lowest BCUT2D eigenvalue weighted by Gasteiger charge is -2.38. The molecule has 1 aromatic carbocycles. The van der Waals surface area contributed by atoms with E-state index in [1.54, 1.807) is 0 Å². The molecule has 0 radical (unpaired) electrons. The summed E-state index contributed by atoms with van der Waals surface area (Å²) >= 11 is 0. The normalized spacial score (nSPS) is 26.5. The molecule has 118 valence electrons. The molecule has 0 bridgehead atoms. The summed E-state index contributed by atoms with van der Waals surface area (Å²) in [6, 6.07) is 10.9. The van der Waals surface area contributed by atoms with Gasteiger partial charge < -0.3 is 15.3 Å². The standard InChI is InChI=1S/C18H30N2O/c1-4-20-11-10-17(14(2)13-20)19-15(3)12-18(21)16-8-6-5-7-9-16/h5-9,14-15,17-19,21H,4,10-13H2,1-3H3. The van der Waals surface area contributed by atoms with Gasteiger partial charge in [0.25, 0.3) is 0 Å². The highest BCUT2D eigenvalue weighted by molar-refractivity contribution is 5.17. The average molecular weight is 290 g/mol. The van der Waals surface area contributed by atoms with Crippen molar-refractivity contribution in [3.63, 3.8) is 0 Å². The Hall–Kier alpha value is -0.900. The molecule has 0 aliphatic carbocycles. The Bertz CT molecular complexity index is 409. The van der Waals surface area contributed by atoms with Crippen molar-refractivity contribution >= 4 is 0 Å². The van der Waals surface area contributed by atoms with Crippen LogP contribution in [-0.4, -0.2) is 41.7 Å². The van der Waals surface area contributed by atoms with E-state index < -0.39 is 0 Å². The molecule has 1 saturated heterocycles. The van der Waals surface area contributed by atoms with Crippen LogP contribution in [0.3, 0.4) is 0 Å². The van der Waals surface area contributed by atoms with Gasteiger partial charge in [-0.25, -0.2) is 0 Å². The van der Waals surface area contributed by atoms with E-state index >= 15 is 0 Å². The van der Waals surface area contributed by atoms with Crippen LogP contribution in [0.25, 0.3) is 0 Å². The molecule has 4 atom stereocenters. The summed E-state index contributed by atoms with van der Waals surface area (Å²) in [7, 11) is 0. The molecule has 2 rings (SSSR count). The molecular weight excluding hydrogens is 260 g/mol. The van der Waals surface area contributed by atoms with Gasteiger partial charge in [0.15, 0.2) is 0 Å². The number of hydrogen-bond donors (Lipinski definition) is 2. The second kappa shape index (κ2) is 7.92. The highest BCUT2D eigenvalue weighted by Crippen LogP contribution is 2.21. The van der Waals surface area contributed by atoms with E-state index in [9.17, 15) is 5.11 Å². The summed E-state index contributed by atoms with van der Waals surface area (Å²) in [5.74, 6) is 0.676. The van der Waals surface area contributed by atoms with Gasteiger partial charge in [-0.05, 0) is 44.3 Å². The van der Waals surface area contributed by atoms with Crippen LogP contribution in [0.15, 0.2) is 30.3 Å². The van der Waals surface area contributed by atoms with E-state index in [2.05, 4.69) is 31.0 Å². The SMILES string of the molecule is CCN1CCC(NC(C)CC(O)c2ccccc2)C(C)C1. The molecule has 4 unspecified atom stereocenters. The fourth-order valence-corrected chi connectivity index (χ4v) is 3.35. The van der Waals surface area contributed by atoms with Crippen molar-refractivity contribution < 1.29 is 5.11 Å². The number of rotatable bonds is 6. The number of nitrogens with one attached hydrogen (secondary N) is 1. The molecule has 1 aliphatic rings. The fraction of sp³-hybridized carbons (Fsp3) is 0.667. The molecule has 3 nitrogen and oxygen atoms in total. The van der Waals surface area contributed by atoms with Gasteiger partial charge in [0.05, 0.1) is 6.10 Å². The Balaban J connectivity index is 1.80. The van der Waals surface area contributed by atoms with Gasteiger partial charge in [0.2, 0.25) is 0 Å². The van der Waals surface area contributed by atoms with E-state index in [-0.39, 0.29) is 6.10 Å². The lowest BCUT2D eigenvalue weighted by Crippen LogP contribution is -2.50. The zero-order valence-electron chi connectivity index (χ0n) is 13.6. The molecule has 0 aromatic heterocycles. The maximum atomic E-state index is 10.3. The molecule has 2 N–H and O–H groups in total. The van der Waals surface area contributed by atoms with Gasteiger partial charge in [-0.15, -0.1) is 0 Å². The summed E-state index contributed by atoms with van der Waals surface area (Å²) < 4.78 is 0. The van der Waals surface area contributed by atoms with Crippen molar-refractivity contribution in [2.24, 2.45) is 5.92 Å². The molecule has 1 aliphatic heterocycles. The second-order valence-corrected chi connectivity index (χ2v) is 6.50. The Morgan fingerprint density at radius 2 is 2.05 bits per heavy atom. The number of likely N-dealkylation sites (tertiary alicyclic amines) is 1. The largest absolute Gasteiger partial charge is 0.388 e. The molecule has 0 amide bonds. The summed E-state index contributed by atoms with van der Waals surface area (Å²) in [6.45, 7) is 10.3. The van der Waals surface area contributed by atoms with Crippen LogP contribution in [0.5, 0.6) is 0 Å². The first kappa shape index (κ1) is 16.5. The quantitative estimate of drug-likeness (QED) is 0.845. The van der Waals surface area contributed by atoms with E-state index in [1.165, 1.54) is 19.5 Å². The number of aliphatic hydroxyl groups excluding tert-OH is 1. The van der Waals surface area contributed by atoms with Crippen molar-refractivity contribution in [3.8, 4) is 0 Å². The van der Waals surface area contributed by atoms with E-state index in [0.29, 0.717) is 18.0 Å². The third kappa shape index (κ3) is 4.80. The maximum absolute atomic E-state index is 10.3. The van der Waals surface area contributed by atoms with Crippen LogP contribution in [0.2, 0.25) is 0 Å². The molecule has 0 spiro atoms. The minimum absolute atomic E-state index is 0.334. The molecule has 0 saturated carbocycles. The highest BCUT2D eigenvalue weighted by atomic mass is 16.3. The first-order valence-corrected chi connectivity index (χ1v) is 8.31. The van der Waals surface area contributed by atoms with Crippen molar-refractivity contribution in [1.29, 1.82) is 0 Å². The summed E-state index contributed by atoms with van der Waals surface area (Å²) in [5, 5.41) is 14.0. The number of aliphatic hydroxyl groups is 1. The number of benzene rings is 1. The van der Waals surface area contributed by atoms with E-state index in [1.807, 2.05) is 30.3 Å². The van der Waals surface area contributed by atoms with Crippen LogP contribution in [0.1, 0.15) is 45.3 Å². The third-order valence-corrected chi connectivity index (χ3v) is 4.70. The Labute approximate surface area is 129 Å². The van der Waals surface area contributed by atoms with E-state index in [4.69, 9.17) is 0 Å². The zero-order valence-corrected chi connectivity index (χ0v) is 13.6. The van der Waals surface area contributed by atoms with Crippen LogP contribution in [0, 0.1) is 5.92 Å². The maximum Gasteiger partial charge on any atom is 0.0804 e. The summed E-state index contributed by atoms with van der Waals surface area (Å²) in [6.07, 6.45) is 1.60. The Kier molecular flexibility index (Phi) is 6.22. The minimum atomic E-state index is -0.375. The van der Waals surface area contributed by atoms with Gasteiger partial charge in [-0.3, -0.25) is 0 Å². The predicted molar refractivity (Wildman–Crippen MR) is 88.3 cm³/mol. The van der Waals surface area contributed by atoms with Crippen LogP contribution in [-0.2, 0) is 0 Å². The second-order valence-electron chi connectivity index (χ2n) is 6.50. The molecule has 21 heavy (non-hydrogen) atoms. The van der Waals surface area contributed by atoms with Crippen LogP contribution >= 0.6 is 0 Å². The Morgan fingerprint density at radius 3 is 2.67 bits per heavy atom. The van der Waals surface area contributed by atoms with Crippen LogP contribution in [0.4, 0.5) is 0 Å². The van der Waals surface area contributed by atoms with Gasteiger partial charge in [-0.2, -0.15) is 0 Å². The topological polar surface area (TPSA) is 35.5 Å². The third-order valence-electron chi connectivity index (χ3n) is 4.70. The van der Waals surface area contributed by atoms with Gasteiger partial charge in [0, 0.05) is 18.6 Å². The Morgan fingerprint density at radius 1 is 1.33 bits per heavy atom. The van der Waals surface area contributed by atoms with Crippen LogP contribution < -0.4 is 5.32 Å². The lowest BCUT2D eigenvalue weighted by molar-refractivity contribution is 0.124. The van der Waals surface area contributed by atoms with Crippen molar-refractivity contribution in [3.05, 3.63) is 35.9 Å². The van der Waals surface area contributed by atoms with Crippen molar-refractivity contribution in [2.45, 2.75) is 51.8 Å². The monoisotopic (exact) mass is 290 g/mol. The molecule has 1 aromatic rings. The first-order chi connectivity index (χ1) is 10.1. The molecule has 1 fully saturated rings. The van der Waals surface area contributed by atoms with Crippen molar-refractivity contribution in [1.82, 2.24) is 10.2 Å². The van der Waals surface area contributed by atoms with E-state index in [0.717, 1.165) is 18.5 Å². The average Bonchev–Trinajstić information content (AvgIpc) is 2.50. The lowest BCUT2D eigenvalue weighted by atomic mass is 9.92. The number of hydrogen-bond acceptors (Lipinski definition) is 3. The predicted octanol–water partition coefficient (Wildman–Crippen LogP) is 2.82. The fourth-order valence-electron chi connectivity index (χ4n) is 3.35. The summed E-state index contributed by atoms with van der Waals surface area (Å²) in [4.78, 5) is 2.52. The minimum Gasteiger partial charge on any atom is -0.388 e. The highest BCUT2D eigenvalue weighted by Gasteiger charge is 2.26. The number of nitrogens with zero attached hydrogens (tertiary/aromatic N) is 1. The van der Waals surface area contributed by atoms with Gasteiger partial charge in [0.1, 0.15) is 0 Å². The molecule has 1 heterocycles. The first-order valence-electron chi connectivity index (χ1n) is 8.31. The zero-order chi connectivity index (χ0) is 15.2. The smallest absolute Gasteiger partial charge is 0.0804 e. The van der Waals surface area contributed by atoms with Gasteiger partial charge >= 0.3 is 0 Å². The molecular formula is C18H30N2O.